The van der Waals surface area contributed by atoms with E-state index >= 15 is 0 Å². The number of hydrogen-bond donors (Lipinski definition) is 2. The Hall–Kier alpha value is -2.16. The molecule has 0 saturated heterocycles. The normalized spacial score (nSPS) is 10.6. The van der Waals surface area contributed by atoms with Crippen molar-refractivity contribution in [3.05, 3.63) is 53.6 Å². The number of guanidine groups is 1. The minimum Gasteiger partial charge on any atom is -0.497 e. The third kappa shape index (κ3) is 7.16. The molecule has 0 unspecified atom stereocenters. The SMILES string of the molecule is CN=C(NCCc1cc(OC)ccc1OC)NCc1ccc(OC)cc1.I. The molecule has 7 heteroatoms. The molecule has 148 valence electrons. The third-order valence-corrected chi connectivity index (χ3v) is 4.02. The molecule has 0 atom stereocenters. The van der Waals surface area contributed by atoms with Gasteiger partial charge < -0.3 is 24.8 Å². The summed E-state index contributed by atoms with van der Waals surface area (Å²) in [6.07, 6.45) is 0.795. The summed E-state index contributed by atoms with van der Waals surface area (Å²) in [5.41, 5.74) is 2.24. The quantitative estimate of drug-likeness (QED) is 0.342. The van der Waals surface area contributed by atoms with Crippen LogP contribution in [0.15, 0.2) is 47.5 Å². The number of aliphatic imine (C=N–C) groups is 1. The molecule has 2 rings (SSSR count). The number of methoxy groups -OCH3 is 3. The minimum absolute atomic E-state index is 0. The molecule has 0 aromatic heterocycles. The Kier molecular flexibility index (Phi) is 10.4. The lowest BCUT2D eigenvalue weighted by molar-refractivity contribution is 0.398. The Labute approximate surface area is 178 Å². The Bertz CT molecular complexity index is 721. The third-order valence-electron chi connectivity index (χ3n) is 4.02. The first kappa shape index (κ1) is 22.9. The van der Waals surface area contributed by atoms with Gasteiger partial charge in [0.05, 0.1) is 21.3 Å². The number of nitrogens with one attached hydrogen (secondary N) is 2. The molecule has 6 nitrogen and oxygen atoms in total. The van der Waals surface area contributed by atoms with Crippen LogP contribution in [0.3, 0.4) is 0 Å². The van der Waals surface area contributed by atoms with Crippen LogP contribution in [0.4, 0.5) is 0 Å². The second-order valence-electron chi connectivity index (χ2n) is 5.63. The maximum Gasteiger partial charge on any atom is 0.191 e. The molecule has 0 aliphatic rings. The molecule has 0 bridgehead atoms. The summed E-state index contributed by atoms with van der Waals surface area (Å²) >= 11 is 0. The fraction of sp³-hybridized carbons (Fsp3) is 0.350. The lowest BCUT2D eigenvalue weighted by Crippen LogP contribution is -2.37. The highest BCUT2D eigenvalue weighted by Crippen LogP contribution is 2.24. The highest BCUT2D eigenvalue weighted by molar-refractivity contribution is 14.0. The number of nitrogens with zero attached hydrogens (tertiary/aromatic N) is 1. The number of rotatable bonds is 8. The molecule has 0 fully saturated rings. The predicted molar refractivity (Wildman–Crippen MR) is 120 cm³/mol. The van der Waals surface area contributed by atoms with E-state index in [0.29, 0.717) is 6.54 Å². The van der Waals surface area contributed by atoms with Gasteiger partial charge in [-0.2, -0.15) is 0 Å². The van der Waals surface area contributed by atoms with Gasteiger partial charge in [0.2, 0.25) is 0 Å². The van der Waals surface area contributed by atoms with Crippen LogP contribution >= 0.6 is 24.0 Å². The number of halogens is 1. The molecule has 0 spiro atoms. The van der Waals surface area contributed by atoms with E-state index in [1.54, 1.807) is 28.4 Å². The summed E-state index contributed by atoms with van der Waals surface area (Å²) in [5, 5.41) is 6.62. The molecule has 2 aromatic rings. The first-order chi connectivity index (χ1) is 12.7. The van der Waals surface area contributed by atoms with Crippen molar-refractivity contribution in [2.24, 2.45) is 4.99 Å². The Balaban J connectivity index is 0.00000364. The summed E-state index contributed by atoms with van der Waals surface area (Å²) in [7, 11) is 6.76. The van der Waals surface area contributed by atoms with Crippen LogP contribution in [0.1, 0.15) is 11.1 Å². The van der Waals surface area contributed by atoms with Crippen LogP contribution in [0.25, 0.3) is 0 Å². The monoisotopic (exact) mass is 485 g/mol. The maximum absolute atomic E-state index is 5.41. The fourth-order valence-electron chi connectivity index (χ4n) is 2.54. The Morgan fingerprint density at radius 2 is 1.56 bits per heavy atom. The van der Waals surface area contributed by atoms with Gasteiger partial charge in [-0.1, -0.05) is 12.1 Å². The molecule has 0 aliphatic heterocycles. The molecule has 0 heterocycles. The first-order valence-electron chi connectivity index (χ1n) is 8.48. The highest BCUT2D eigenvalue weighted by Gasteiger charge is 2.06. The summed E-state index contributed by atoms with van der Waals surface area (Å²) in [6.45, 7) is 1.41. The van der Waals surface area contributed by atoms with Gasteiger partial charge in [-0.05, 0) is 47.9 Å². The van der Waals surface area contributed by atoms with E-state index < -0.39 is 0 Å². The van der Waals surface area contributed by atoms with Crippen LogP contribution < -0.4 is 24.8 Å². The molecule has 0 aliphatic carbocycles. The average Bonchev–Trinajstić information content (AvgIpc) is 2.70. The van der Waals surface area contributed by atoms with Crippen molar-refractivity contribution < 1.29 is 14.2 Å². The smallest absolute Gasteiger partial charge is 0.191 e. The zero-order valence-electron chi connectivity index (χ0n) is 16.2. The van der Waals surface area contributed by atoms with Crippen molar-refractivity contribution in [3.8, 4) is 17.2 Å². The maximum atomic E-state index is 5.41. The summed E-state index contributed by atoms with van der Waals surface area (Å²) in [4.78, 5) is 4.26. The van der Waals surface area contributed by atoms with Crippen LogP contribution in [0.5, 0.6) is 17.2 Å². The van der Waals surface area contributed by atoms with Gasteiger partial charge in [-0.3, -0.25) is 4.99 Å². The van der Waals surface area contributed by atoms with Crippen molar-refractivity contribution in [2.45, 2.75) is 13.0 Å². The van der Waals surface area contributed by atoms with Crippen molar-refractivity contribution in [1.29, 1.82) is 0 Å². The topological polar surface area (TPSA) is 64.1 Å². The Morgan fingerprint density at radius 1 is 0.889 bits per heavy atom. The molecule has 2 N–H and O–H groups in total. The number of benzene rings is 2. The minimum atomic E-state index is 0. The van der Waals surface area contributed by atoms with Gasteiger partial charge in [-0.25, -0.2) is 0 Å². The summed E-state index contributed by atoms with van der Waals surface area (Å²) in [6, 6.07) is 13.8. The molecule has 0 radical (unpaired) electrons. The van der Waals surface area contributed by atoms with Gasteiger partial charge >= 0.3 is 0 Å². The number of ether oxygens (including phenoxy) is 3. The molecular formula is C20H28IN3O3. The van der Waals surface area contributed by atoms with Gasteiger partial charge in [0.15, 0.2) is 5.96 Å². The molecule has 2 aromatic carbocycles. The molecule has 0 amide bonds. The van der Waals surface area contributed by atoms with Crippen LogP contribution in [0.2, 0.25) is 0 Å². The van der Waals surface area contributed by atoms with Gasteiger partial charge in [0.25, 0.3) is 0 Å². The molecule has 0 saturated carbocycles. The van der Waals surface area contributed by atoms with Gasteiger partial charge in [-0.15, -0.1) is 24.0 Å². The van der Waals surface area contributed by atoms with Crippen LogP contribution in [-0.2, 0) is 13.0 Å². The van der Waals surface area contributed by atoms with Crippen molar-refractivity contribution >= 4 is 29.9 Å². The second kappa shape index (κ2) is 12.3. The molecular weight excluding hydrogens is 457 g/mol. The first-order valence-corrected chi connectivity index (χ1v) is 8.48. The zero-order chi connectivity index (χ0) is 18.8. The van der Waals surface area contributed by atoms with Crippen LogP contribution in [-0.4, -0.2) is 40.9 Å². The van der Waals surface area contributed by atoms with E-state index in [2.05, 4.69) is 15.6 Å². The van der Waals surface area contributed by atoms with E-state index in [-0.39, 0.29) is 24.0 Å². The van der Waals surface area contributed by atoms with Gasteiger partial charge in [0.1, 0.15) is 17.2 Å². The fourth-order valence-corrected chi connectivity index (χ4v) is 2.54. The summed E-state index contributed by atoms with van der Waals surface area (Å²) < 4.78 is 15.9. The van der Waals surface area contributed by atoms with E-state index in [9.17, 15) is 0 Å². The predicted octanol–water partition coefficient (Wildman–Crippen LogP) is 3.24. The standard InChI is InChI=1S/C20H27N3O3.HI/c1-21-20(23-14-15-5-7-17(24-2)8-6-15)22-12-11-16-13-18(25-3)9-10-19(16)26-4;/h5-10,13H,11-12,14H2,1-4H3,(H2,21,22,23);1H. The van der Waals surface area contributed by atoms with Gasteiger partial charge in [0, 0.05) is 20.1 Å². The van der Waals surface area contributed by atoms with Crippen molar-refractivity contribution in [1.82, 2.24) is 10.6 Å². The van der Waals surface area contributed by atoms with E-state index in [1.165, 1.54) is 0 Å². The summed E-state index contributed by atoms with van der Waals surface area (Å²) in [5.74, 6) is 3.28. The number of hydrogen-bond acceptors (Lipinski definition) is 4. The second-order valence-corrected chi connectivity index (χ2v) is 5.63. The van der Waals surface area contributed by atoms with Crippen LogP contribution in [0, 0.1) is 0 Å². The largest absolute Gasteiger partial charge is 0.497 e. The van der Waals surface area contributed by atoms with E-state index in [0.717, 1.165) is 47.3 Å². The lowest BCUT2D eigenvalue weighted by Gasteiger charge is -2.14. The van der Waals surface area contributed by atoms with E-state index in [4.69, 9.17) is 14.2 Å². The van der Waals surface area contributed by atoms with E-state index in [1.807, 2.05) is 42.5 Å². The van der Waals surface area contributed by atoms with Crippen molar-refractivity contribution in [3.63, 3.8) is 0 Å². The van der Waals surface area contributed by atoms with Crippen molar-refractivity contribution in [2.75, 3.05) is 34.9 Å². The zero-order valence-corrected chi connectivity index (χ0v) is 18.6. The Morgan fingerprint density at radius 3 is 2.15 bits per heavy atom. The average molecular weight is 485 g/mol. The lowest BCUT2D eigenvalue weighted by atomic mass is 10.1. The highest BCUT2D eigenvalue weighted by atomic mass is 127. The molecule has 27 heavy (non-hydrogen) atoms.